The highest BCUT2D eigenvalue weighted by Crippen LogP contribution is 2.31. The van der Waals surface area contributed by atoms with Crippen LogP contribution < -0.4 is 0 Å². The zero-order valence-electron chi connectivity index (χ0n) is 9.76. The molecule has 1 aromatic heterocycles. The van der Waals surface area contributed by atoms with Gasteiger partial charge in [-0.3, -0.25) is 9.80 Å². The summed E-state index contributed by atoms with van der Waals surface area (Å²) >= 11 is 1.46. The van der Waals surface area contributed by atoms with E-state index in [9.17, 15) is 4.79 Å². The van der Waals surface area contributed by atoms with Gasteiger partial charge in [-0.15, -0.1) is 11.3 Å². The summed E-state index contributed by atoms with van der Waals surface area (Å²) in [4.78, 5) is 21.3. The summed E-state index contributed by atoms with van der Waals surface area (Å²) in [7, 11) is 1.40. The summed E-state index contributed by atoms with van der Waals surface area (Å²) in [5, 5.41) is 1.04. The fraction of sp³-hybridized carbons (Fsp3) is 0.636. The topological polar surface area (TPSA) is 45.7 Å². The molecule has 0 radical (unpaired) electrons. The van der Waals surface area contributed by atoms with Gasteiger partial charge in [0.2, 0.25) is 0 Å². The molecule has 6 heteroatoms. The second-order valence-electron chi connectivity index (χ2n) is 4.41. The van der Waals surface area contributed by atoms with Crippen molar-refractivity contribution in [1.29, 1.82) is 0 Å². The molecule has 0 spiro atoms. The Hall–Kier alpha value is -0.980. The van der Waals surface area contributed by atoms with Gasteiger partial charge in [0.15, 0.2) is 0 Å². The molecule has 3 fully saturated rings. The highest BCUT2D eigenvalue weighted by molar-refractivity contribution is 7.13. The van der Waals surface area contributed by atoms with Crippen molar-refractivity contribution >= 4 is 17.3 Å². The van der Waals surface area contributed by atoms with Crippen molar-refractivity contribution < 1.29 is 9.53 Å². The lowest BCUT2D eigenvalue weighted by atomic mass is 10.1. The molecule has 92 valence electrons. The molecule has 0 amide bonds. The molecule has 0 aliphatic carbocycles. The molecular formula is C11H15N3O2S. The highest BCUT2D eigenvalue weighted by Gasteiger charge is 2.34. The minimum atomic E-state index is -0.287. The van der Waals surface area contributed by atoms with Crippen LogP contribution in [0.15, 0.2) is 6.20 Å². The minimum Gasteiger partial charge on any atom is -0.465 e. The molecule has 0 aromatic carbocycles. The van der Waals surface area contributed by atoms with E-state index in [-0.39, 0.29) is 5.97 Å². The Kier molecular flexibility index (Phi) is 2.85. The Bertz CT molecular complexity index is 426. The largest absolute Gasteiger partial charge is 0.465 e. The molecule has 3 saturated heterocycles. The van der Waals surface area contributed by atoms with Crippen molar-refractivity contribution in [3.8, 4) is 0 Å². The summed E-state index contributed by atoms with van der Waals surface area (Å²) in [5.74, 6) is -0.287. The molecule has 1 aromatic rings. The van der Waals surface area contributed by atoms with E-state index in [0.717, 1.165) is 37.7 Å². The van der Waals surface area contributed by atoms with Crippen molar-refractivity contribution in [3.05, 3.63) is 16.1 Å². The second-order valence-corrected chi connectivity index (χ2v) is 5.47. The van der Waals surface area contributed by atoms with Crippen LogP contribution in [0.3, 0.4) is 0 Å². The number of fused-ring (bicyclic) bond motifs is 3. The third-order valence-electron chi connectivity index (χ3n) is 3.47. The van der Waals surface area contributed by atoms with E-state index in [0.29, 0.717) is 10.9 Å². The van der Waals surface area contributed by atoms with Gasteiger partial charge in [-0.2, -0.15) is 0 Å². The van der Waals surface area contributed by atoms with E-state index in [1.807, 2.05) is 0 Å². The van der Waals surface area contributed by atoms with Gasteiger partial charge in [0.25, 0.3) is 0 Å². The van der Waals surface area contributed by atoms with Gasteiger partial charge in [-0.25, -0.2) is 9.78 Å². The van der Waals surface area contributed by atoms with Gasteiger partial charge in [0.1, 0.15) is 9.88 Å². The van der Waals surface area contributed by atoms with Crippen molar-refractivity contribution in [2.24, 2.45) is 0 Å². The van der Waals surface area contributed by atoms with Gasteiger partial charge in [-0.1, -0.05) is 0 Å². The third-order valence-corrected chi connectivity index (χ3v) is 4.55. The SMILES string of the molecule is COC(=O)c1cnc(C2CN3CCN2CC3)s1. The number of aromatic nitrogens is 1. The molecule has 2 bridgehead atoms. The first kappa shape index (κ1) is 11.1. The first-order valence-electron chi connectivity index (χ1n) is 5.78. The van der Waals surface area contributed by atoms with Crippen molar-refractivity contribution in [2.75, 3.05) is 39.8 Å². The van der Waals surface area contributed by atoms with E-state index in [2.05, 4.69) is 14.8 Å². The maximum Gasteiger partial charge on any atom is 0.349 e. The Labute approximate surface area is 104 Å². The van der Waals surface area contributed by atoms with Crippen LogP contribution in [0.1, 0.15) is 20.7 Å². The van der Waals surface area contributed by atoms with Crippen LogP contribution in [0.25, 0.3) is 0 Å². The monoisotopic (exact) mass is 253 g/mol. The molecule has 0 N–H and O–H groups in total. The van der Waals surface area contributed by atoms with Crippen LogP contribution in [0.5, 0.6) is 0 Å². The molecule has 3 aliphatic rings. The number of carbonyl (C=O) groups is 1. The van der Waals surface area contributed by atoms with Crippen molar-refractivity contribution in [3.63, 3.8) is 0 Å². The summed E-state index contributed by atoms with van der Waals surface area (Å²) in [6.45, 7) is 5.57. The molecule has 1 atom stereocenters. The van der Waals surface area contributed by atoms with Crippen LogP contribution in [-0.2, 0) is 4.74 Å². The van der Waals surface area contributed by atoms with Crippen LogP contribution >= 0.6 is 11.3 Å². The molecule has 0 saturated carbocycles. The zero-order valence-corrected chi connectivity index (χ0v) is 10.6. The van der Waals surface area contributed by atoms with Gasteiger partial charge in [0.05, 0.1) is 19.3 Å². The standard InChI is InChI=1S/C11H15N3O2S/c1-16-11(15)9-6-12-10(17-9)8-7-13-2-4-14(8)5-3-13/h6,8H,2-5,7H2,1H3. The first-order valence-corrected chi connectivity index (χ1v) is 6.60. The number of rotatable bonds is 2. The Morgan fingerprint density at radius 1 is 1.47 bits per heavy atom. The molecule has 17 heavy (non-hydrogen) atoms. The normalized spacial score (nSPS) is 31.5. The highest BCUT2D eigenvalue weighted by atomic mass is 32.1. The number of ether oxygens (including phenoxy) is 1. The zero-order chi connectivity index (χ0) is 11.8. The van der Waals surface area contributed by atoms with E-state index < -0.39 is 0 Å². The summed E-state index contributed by atoms with van der Waals surface area (Å²) in [6, 6.07) is 0.362. The number of carbonyl (C=O) groups excluding carboxylic acids is 1. The lowest BCUT2D eigenvalue weighted by Gasteiger charge is -2.46. The number of thiazole rings is 1. The fourth-order valence-corrected chi connectivity index (χ4v) is 3.45. The van der Waals surface area contributed by atoms with E-state index in [1.54, 1.807) is 6.20 Å². The number of esters is 1. The predicted molar refractivity (Wildman–Crippen MR) is 64.2 cm³/mol. The van der Waals surface area contributed by atoms with Crippen LogP contribution in [0.4, 0.5) is 0 Å². The Morgan fingerprint density at radius 2 is 2.24 bits per heavy atom. The third kappa shape index (κ3) is 1.96. The van der Waals surface area contributed by atoms with E-state index >= 15 is 0 Å². The summed E-state index contributed by atoms with van der Waals surface area (Å²) in [5.41, 5.74) is 0. The lowest BCUT2D eigenvalue weighted by molar-refractivity contribution is 0.0122. The van der Waals surface area contributed by atoms with Gasteiger partial charge in [-0.05, 0) is 0 Å². The second kappa shape index (κ2) is 4.36. The van der Waals surface area contributed by atoms with Gasteiger partial charge in [0, 0.05) is 32.7 Å². The first-order chi connectivity index (χ1) is 8.28. The van der Waals surface area contributed by atoms with Gasteiger partial charge < -0.3 is 4.74 Å². The maximum atomic E-state index is 11.4. The Balaban J connectivity index is 1.80. The average Bonchev–Trinajstić information content (AvgIpc) is 2.88. The maximum absolute atomic E-state index is 11.4. The van der Waals surface area contributed by atoms with Crippen molar-refractivity contribution in [2.45, 2.75) is 6.04 Å². The van der Waals surface area contributed by atoms with Crippen LogP contribution in [-0.4, -0.2) is 60.6 Å². The number of hydrogen-bond acceptors (Lipinski definition) is 6. The summed E-state index contributed by atoms with van der Waals surface area (Å²) < 4.78 is 4.71. The average molecular weight is 253 g/mol. The number of methoxy groups -OCH3 is 1. The molecule has 1 unspecified atom stereocenters. The Morgan fingerprint density at radius 3 is 2.82 bits per heavy atom. The lowest BCUT2D eigenvalue weighted by Crippen LogP contribution is -2.56. The fourth-order valence-electron chi connectivity index (χ4n) is 2.49. The van der Waals surface area contributed by atoms with Crippen LogP contribution in [0.2, 0.25) is 0 Å². The molecular weight excluding hydrogens is 238 g/mol. The molecule has 3 aliphatic heterocycles. The number of nitrogens with zero attached hydrogens (tertiary/aromatic N) is 3. The van der Waals surface area contributed by atoms with Crippen LogP contribution in [0, 0.1) is 0 Å². The summed E-state index contributed by atoms with van der Waals surface area (Å²) in [6.07, 6.45) is 1.63. The predicted octanol–water partition coefficient (Wildman–Crippen LogP) is 0.602. The van der Waals surface area contributed by atoms with E-state index in [1.165, 1.54) is 18.4 Å². The van der Waals surface area contributed by atoms with Crippen molar-refractivity contribution in [1.82, 2.24) is 14.8 Å². The smallest absolute Gasteiger partial charge is 0.349 e. The quantitative estimate of drug-likeness (QED) is 0.722. The number of piperazine rings is 3. The molecule has 5 nitrogen and oxygen atoms in total. The van der Waals surface area contributed by atoms with E-state index in [4.69, 9.17) is 4.74 Å². The molecule has 4 rings (SSSR count). The number of hydrogen-bond donors (Lipinski definition) is 0. The minimum absolute atomic E-state index is 0.287. The van der Waals surface area contributed by atoms with Gasteiger partial charge >= 0.3 is 5.97 Å². The molecule has 4 heterocycles.